The molecule has 300 valence electrons. The van der Waals surface area contributed by atoms with E-state index in [9.17, 15) is 0 Å². The molecule has 10 aromatic carbocycles. The third-order valence-electron chi connectivity index (χ3n) is 14.1. The molecule has 64 heavy (non-hydrogen) atoms. The summed E-state index contributed by atoms with van der Waals surface area (Å²) in [6.45, 7) is 0. The number of benzene rings is 10. The van der Waals surface area contributed by atoms with Crippen molar-refractivity contribution in [1.82, 2.24) is 0 Å². The van der Waals surface area contributed by atoms with E-state index in [0.29, 0.717) is 0 Å². The van der Waals surface area contributed by atoms with Crippen molar-refractivity contribution in [3.05, 3.63) is 270 Å². The van der Waals surface area contributed by atoms with Crippen LogP contribution in [0.15, 0.2) is 237 Å². The van der Waals surface area contributed by atoms with Crippen LogP contribution in [0.4, 0.5) is 17.1 Å². The average Bonchev–Trinajstić information content (AvgIpc) is 3.84. The molecule has 0 aliphatic heterocycles. The first kappa shape index (κ1) is 36.6. The number of hydrogen-bond donors (Lipinski definition) is 0. The van der Waals surface area contributed by atoms with Crippen molar-refractivity contribution >= 4 is 49.8 Å². The fraction of sp³-hybridized carbons (Fsp3) is 0.0476. The monoisotopic (exact) mass is 813 g/mol. The predicted molar refractivity (Wildman–Crippen MR) is 270 cm³/mol. The average molecular weight is 814 g/mol. The molecule has 0 radical (unpaired) electrons. The molecule has 0 atom stereocenters. The summed E-state index contributed by atoms with van der Waals surface area (Å²) in [5.74, 6) is 0. The van der Waals surface area contributed by atoms with Crippen LogP contribution in [0.5, 0.6) is 0 Å². The second-order valence-corrected chi connectivity index (χ2v) is 17.5. The van der Waals surface area contributed by atoms with Gasteiger partial charge in [0.15, 0.2) is 0 Å². The van der Waals surface area contributed by atoms with Gasteiger partial charge in [0.1, 0.15) is 0 Å². The Kier molecular flexibility index (Phi) is 8.33. The van der Waals surface area contributed by atoms with Gasteiger partial charge in [-0.15, -0.1) is 0 Å². The smallest absolute Gasteiger partial charge is 0.0726 e. The van der Waals surface area contributed by atoms with Crippen LogP contribution in [0, 0.1) is 0 Å². The molecule has 0 N–H and O–H groups in total. The third kappa shape index (κ3) is 5.50. The number of fused-ring (bicyclic) bond motifs is 12. The highest BCUT2D eigenvalue weighted by Gasteiger charge is 2.52. The number of hydrogen-bond acceptors (Lipinski definition) is 1. The van der Waals surface area contributed by atoms with Gasteiger partial charge in [0.2, 0.25) is 0 Å². The first-order chi connectivity index (χ1) is 31.7. The van der Waals surface area contributed by atoms with Crippen LogP contribution < -0.4 is 4.90 Å². The van der Waals surface area contributed by atoms with Gasteiger partial charge < -0.3 is 4.90 Å². The molecule has 0 fully saturated rings. The van der Waals surface area contributed by atoms with Gasteiger partial charge in [0, 0.05) is 16.9 Å². The molecule has 3 aliphatic rings. The van der Waals surface area contributed by atoms with Gasteiger partial charge in [-0.05, 0) is 143 Å². The van der Waals surface area contributed by atoms with E-state index in [1.165, 1.54) is 105 Å². The van der Waals surface area contributed by atoms with Crippen LogP contribution in [0.3, 0.4) is 0 Å². The van der Waals surface area contributed by atoms with Crippen molar-refractivity contribution in [2.24, 2.45) is 0 Å². The summed E-state index contributed by atoms with van der Waals surface area (Å²) >= 11 is 0. The summed E-state index contributed by atoms with van der Waals surface area (Å²) in [5, 5.41) is 5.05. The number of anilines is 3. The highest BCUT2D eigenvalue weighted by molar-refractivity contribution is 6.02. The second kappa shape index (κ2) is 14.5. The highest BCUT2D eigenvalue weighted by atomic mass is 15.1. The predicted octanol–water partition coefficient (Wildman–Crippen LogP) is 16.7. The molecule has 1 heteroatoms. The number of rotatable bonds is 6. The molecule has 1 spiro atoms. The van der Waals surface area contributed by atoms with Gasteiger partial charge in [-0.3, -0.25) is 0 Å². The topological polar surface area (TPSA) is 3.24 Å². The third-order valence-corrected chi connectivity index (χ3v) is 14.1. The van der Waals surface area contributed by atoms with Gasteiger partial charge in [0.05, 0.1) is 11.1 Å². The molecule has 0 saturated heterocycles. The molecular weight excluding hydrogens is 771 g/mol. The second-order valence-electron chi connectivity index (χ2n) is 17.5. The lowest BCUT2D eigenvalue weighted by atomic mass is 9.70. The van der Waals surface area contributed by atoms with E-state index >= 15 is 0 Å². The molecule has 0 bridgehead atoms. The van der Waals surface area contributed by atoms with Crippen LogP contribution in [0.1, 0.15) is 46.2 Å². The number of nitrogens with zero attached hydrogens (tertiary/aromatic N) is 1. The molecule has 13 rings (SSSR count). The lowest BCUT2D eigenvalue weighted by Crippen LogP contribution is -2.26. The Morgan fingerprint density at radius 3 is 1.77 bits per heavy atom. The molecule has 3 aliphatic carbocycles. The molecule has 0 amide bonds. The Morgan fingerprint density at radius 2 is 0.969 bits per heavy atom. The largest absolute Gasteiger partial charge is 0.310 e. The maximum absolute atomic E-state index is 2.51. The van der Waals surface area contributed by atoms with Crippen molar-refractivity contribution < 1.29 is 0 Å². The fourth-order valence-corrected chi connectivity index (χ4v) is 11.4. The summed E-state index contributed by atoms with van der Waals surface area (Å²) < 4.78 is 0. The Balaban J connectivity index is 0.993. The fourth-order valence-electron chi connectivity index (χ4n) is 11.4. The van der Waals surface area contributed by atoms with Gasteiger partial charge in [0.25, 0.3) is 0 Å². The van der Waals surface area contributed by atoms with Gasteiger partial charge >= 0.3 is 0 Å². The number of allylic oxidation sites excluding steroid dienone is 4. The molecule has 1 nitrogen and oxygen atoms in total. The maximum Gasteiger partial charge on any atom is 0.0726 e. The summed E-state index contributed by atoms with van der Waals surface area (Å²) in [4.78, 5) is 2.51. The molecule has 0 aromatic heterocycles. The van der Waals surface area contributed by atoms with Crippen LogP contribution >= 0.6 is 0 Å². The van der Waals surface area contributed by atoms with E-state index in [-0.39, 0.29) is 0 Å². The Morgan fingerprint density at radius 1 is 0.375 bits per heavy atom. The lowest BCUT2D eigenvalue weighted by Gasteiger charge is -2.32. The minimum absolute atomic E-state index is 0.431. The first-order valence-electron chi connectivity index (χ1n) is 22.6. The summed E-state index contributed by atoms with van der Waals surface area (Å²) in [5.41, 5.74) is 21.2. The zero-order chi connectivity index (χ0) is 42.2. The minimum atomic E-state index is -0.431. The van der Waals surface area contributed by atoms with Gasteiger partial charge in [-0.1, -0.05) is 200 Å². The van der Waals surface area contributed by atoms with Crippen molar-refractivity contribution in [2.45, 2.75) is 18.3 Å². The lowest BCUT2D eigenvalue weighted by molar-refractivity contribution is 0.794. The van der Waals surface area contributed by atoms with Crippen molar-refractivity contribution in [3.63, 3.8) is 0 Å². The standard InChI is InChI=1S/C63H43N/c1-2-17-45-40-48(34-33-42(45)15-1)47-20-11-19-46(39-47)43-35-37-50(38-36-43)64(51-22-12-21-49(41-51)53-27-13-18-44-16-3-4-23-52(44)53)61-32-14-31-60-62(61)56-26-7-10-30-59(56)63(60)57-28-8-5-24-54(57)55-25-6-9-29-58(55)63/h1-10,12-18,20-41H,11,19H2. The normalized spacial score (nSPS) is 14.1. The SMILES string of the molecule is C1=C(c2ccc3ccccc3c2)C=C(c2ccc(N(c3cccc(-c4cccc5ccccc45)c3)c3cccc4c3-c3ccccc3C43c4ccccc4-c4ccccc43)cc2)CC1. The Hall–Kier alpha value is -8.00. The van der Waals surface area contributed by atoms with E-state index < -0.39 is 5.41 Å². The van der Waals surface area contributed by atoms with Crippen LogP contribution in [0.2, 0.25) is 0 Å². The first-order valence-corrected chi connectivity index (χ1v) is 22.6. The zero-order valence-corrected chi connectivity index (χ0v) is 35.4. The minimum Gasteiger partial charge on any atom is -0.310 e. The maximum atomic E-state index is 2.51. The van der Waals surface area contributed by atoms with E-state index in [0.717, 1.165) is 24.2 Å². The van der Waals surface area contributed by atoms with Crippen molar-refractivity contribution in [3.8, 4) is 33.4 Å². The van der Waals surface area contributed by atoms with E-state index in [2.05, 4.69) is 242 Å². The van der Waals surface area contributed by atoms with Crippen LogP contribution in [-0.4, -0.2) is 0 Å². The van der Waals surface area contributed by atoms with Gasteiger partial charge in [-0.25, -0.2) is 0 Å². The summed E-state index contributed by atoms with van der Waals surface area (Å²) in [6, 6.07) is 83.7. The van der Waals surface area contributed by atoms with E-state index in [1.54, 1.807) is 0 Å². The van der Waals surface area contributed by atoms with E-state index in [4.69, 9.17) is 0 Å². The van der Waals surface area contributed by atoms with E-state index in [1.807, 2.05) is 0 Å². The molecule has 0 unspecified atom stereocenters. The molecular formula is C63H43N. The Labute approximate surface area is 374 Å². The summed E-state index contributed by atoms with van der Waals surface area (Å²) in [6.07, 6.45) is 6.84. The molecule has 10 aromatic rings. The van der Waals surface area contributed by atoms with Crippen molar-refractivity contribution in [2.75, 3.05) is 4.90 Å². The Bertz CT molecular complexity index is 3510. The van der Waals surface area contributed by atoms with Gasteiger partial charge in [-0.2, -0.15) is 0 Å². The van der Waals surface area contributed by atoms with Crippen molar-refractivity contribution in [1.29, 1.82) is 0 Å². The quantitative estimate of drug-likeness (QED) is 0.162. The highest BCUT2D eigenvalue weighted by Crippen LogP contribution is 2.64. The molecule has 0 saturated carbocycles. The molecule has 0 heterocycles. The van der Waals surface area contributed by atoms with Crippen LogP contribution in [0.25, 0.3) is 66.1 Å². The summed E-state index contributed by atoms with van der Waals surface area (Å²) in [7, 11) is 0. The zero-order valence-electron chi connectivity index (χ0n) is 35.4. The van der Waals surface area contributed by atoms with Crippen LogP contribution in [-0.2, 0) is 5.41 Å².